The molecule has 2 aromatic carbocycles. The van der Waals surface area contributed by atoms with E-state index in [1.807, 2.05) is 13.0 Å². The number of carbonyl (C=O) groups excluding carboxylic acids is 1. The highest BCUT2D eigenvalue weighted by Crippen LogP contribution is 2.24. The molecule has 2 aromatic rings. The van der Waals surface area contributed by atoms with Crippen LogP contribution in [0.5, 0.6) is 0 Å². The van der Waals surface area contributed by atoms with E-state index < -0.39 is 0 Å². The zero-order chi connectivity index (χ0) is 16.5. The van der Waals surface area contributed by atoms with E-state index in [1.165, 1.54) is 16.7 Å². The summed E-state index contributed by atoms with van der Waals surface area (Å²) in [6, 6.07) is 18.7. The Hall–Kier alpha value is -2.13. The van der Waals surface area contributed by atoms with Crippen molar-refractivity contribution in [3.05, 3.63) is 60.2 Å². The first-order valence-corrected chi connectivity index (χ1v) is 8.25. The standard InChI is InChI=1S/C20H25NO2/c1-2-23-20(22)15-18(21)13-8-12-17-11-6-7-14-19(17)16-9-4-3-5-10-16/h3-7,9-11,14,18H,2,8,12-13,15,21H2,1H3/t18-/m1/s1. The second-order valence-corrected chi connectivity index (χ2v) is 5.68. The van der Waals surface area contributed by atoms with Gasteiger partial charge >= 0.3 is 5.97 Å². The van der Waals surface area contributed by atoms with E-state index in [4.69, 9.17) is 10.5 Å². The number of rotatable bonds is 8. The molecule has 0 amide bonds. The lowest BCUT2D eigenvalue weighted by atomic mass is 9.95. The Labute approximate surface area is 138 Å². The van der Waals surface area contributed by atoms with Gasteiger partial charge in [0.2, 0.25) is 0 Å². The third-order valence-electron chi connectivity index (χ3n) is 3.86. The molecule has 0 spiro atoms. The van der Waals surface area contributed by atoms with Crippen LogP contribution in [-0.2, 0) is 16.0 Å². The SMILES string of the molecule is CCOC(=O)C[C@H](N)CCCc1ccccc1-c1ccccc1. The molecule has 0 aliphatic rings. The molecule has 23 heavy (non-hydrogen) atoms. The maximum absolute atomic E-state index is 11.4. The van der Waals surface area contributed by atoms with Crippen LogP contribution in [-0.4, -0.2) is 18.6 Å². The van der Waals surface area contributed by atoms with Crippen molar-refractivity contribution in [3.63, 3.8) is 0 Å². The van der Waals surface area contributed by atoms with E-state index in [9.17, 15) is 4.79 Å². The van der Waals surface area contributed by atoms with Gasteiger partial charge in [-0.3, -0.25) is 4.79 Å². The predicted molar refractivity (Wildman–Crippen MR) is 94.0 cm³/mol. The minimum Gasteiger partial charge on any atom is -0.466 e. The van der Waals surface area contributed by atoms with Gasteiger partial charge in [-0.25, -0.2) is 0 Å². The number of hydrogen-bond donors (Lipinski definition) is 1. The van der Waals surface area contributed by atoms with Gasteiger partial charge in [0.05, 0.1) is 13.0 Å². The Morgan fingerprint density at radius 2 is 1.78 bits per heavy atom. The Morgan fingerprint density at radius 1 is 1.09 bits per heavy atom. The molecular formula is C20H25NO2. The maximum Gasteiger partial charge on any atom is 0.307 e. The predicted octanol–water partition coefficient (Wildman–Crippen LogP) is 3.96. The molecule has 0 saturated heterocycles. The number of carbonyl (C=O) groups is 1. The first-order valence-electron chi connectivity index (χ1n) is 8.25. The van der Waals surface area contributed by atoms with Gasteiger partial charge < -0.3 is 10.5 Å². The lowest BCUT2D eigenvalue weighted by molar-refractivity contribution is -0.143. The minimum absolute atomic E-state index is 0.127. The van der Waals surface area contributed by atoms with E-state index in [2.05, 4.69) is 48.5 Å². The van der Waals surface area contributed by atoms with Crippen molar-refractivity contribution in [3.8, 4) is 11.1 Å². The Kier molecular flexibility index (Phi) is 6.82. The van der Waals surface area contributed by atoms with Crippen molar-refractivity contribution in [2.75, 3.05) is 6.61 Å². The summed E-state index contributed by atoms with van der Waals surface area (Å²) < 4.78 is 4.94. The largest absolute Gasteiger partial charge is 0.466 e. The molecule has 0 heterocycles. The normalized spacial score (nSPS) is 11.9. The molecule has 0 aliphatic carbocycles. The van der Waals surface area contributed by atoms with Gasteiger partial charge in [-0.2, -0.15) is 0 Å². The minimum atomic E-state index is -0.204. The van der Waals surface area contributed by atoms with Crippen LogP contribution in [0.25, 0.3) is 11.1 Å². The van der Waals surface area contributed by atoms with Crippen molar-refractivity contribution in [2.24, 2.45) is 5.73 Å². The van der Waals surface area contributed by atoms with Crippen LogP contribution in [0.15, 0.2) is 54.6 Å². The van der Waals surface area contributed by atoms with Gasteiger partial charge in [0.25, 0.3) is 0 Å². The molecule has 0 unspecified atom stereocenters. The fourth-order valence-electron chi connectivity index (χ4n) is 2.73. The zero-order valence-electron chi connectivity index (χ0n) is 13.7. The van der Waals surface area contributed by atoms with Gasteiger partial charge in [-0.1, -0.05) is 54.6 Å². The highest BCUT2D eigenvalue weighted by molar-refractivity contribution is 5.70. The lowest BCUT2D eigenvalue weighted by Crippen LogP contribution is -2.25. The van der Waals surface area contributed by atoms with Crippen molar-refractivity contribution in [1.82, 2.24) is 0 Å². The van der Waals surface area contributed by atoms with Crippen LogP contribution < -0.4 is 5.73 Å². The smallest absolute Gasteiger partial charge is 0.307 e. The first-order chi connectivity index (χ1) is 11.2. The van der Waals surface area contributed by atoms with Crippen molar-refractivity contribution < 1.29 is 9.53 Å². The molecule has 122 valence electrons. The molecule has 0 radical (unpaired) electrons. The number of hydrogen-bond acceptors (Lipinski definition) is 3. The third kappa shape index (κ3) is 5.53. The van der Waals surface area contributed by atoms with Crippen LogP contribution in [0, 0.1) is 0 Å². The molecule has 3 heteroatoms. The van der Waals surface area contributed by atoms with E-state index in [0.29, 0.717) is 13.0 Å². The molecule has 0 fully saturated rings. The highest BCUT2D eigenvalue weighted by Gasteiger charge is 2.11. The maximum atomic E-state index is 11.4. The van der Waals surface area contributed by atoms with Crippen LogP contribution >= 0.6 is 0 Å². The summed E-state index contributed by atoms with van der Waals surface area (Å²) in [5, 5.41) is 0. The van der Waals surface area contributed by atoms with Gasteiger partial charge in [0.1, 0.15) is 0 Å². The summed E-state index contributed by atoms with van der Waals surface area (Å²) in [6.07, 6.45) is 3.04. The first kappa shape index (κ1) is 17.2. The van der Waals surface area contributed by atoms with Gasteiger partial charge in [0.15, 0.2) is 0 Å². The molecule has 3 nitrogen and oxygen atoms in total. The molecule has 0 bridgehead atoms. The van der Waals surface area contributed by atoms with E-state index >= 15 is 0 Å². The summed E-state index contributed by atoms with van der Waals surface area (Å²) in [5.41, 5.74) is 9.84. The average molecular weight is 311 g/mol. The van der Waals surface area contributed by atoms with Crippen molar-refractivity contribution in [2.45, 2.75) is 38.6 Å². The van der Waals surface area contributed by atoms with Gasteiger partial charge in [-0.05, 0) is 42.9 Å². The van der Waals surface area contributed by atoms with Crippen molar-refractivity contribution in [1.29, 1.82) is 0 Å². The number of esters is 1. The number of aryl methyl sites for hydroxylation is 1. The third-order valence-corrected chi connectivity index (χ3v) is 3.86. The Balaban J connectivity index is 1.90. The fraction of sp³-hybridized carbons (Fsp3) is 0.350. The average Bonchev–Trinajstić information content (AvgIpc) is 2.56. The second kappa shape index (κ2) is 9.11. The van der Waals surface area contributed by atoms with Crippen LogP contribution in [0.1, 0.15) is 31.7 Å². The molecule has 2 N–H and O–H groups in total. The molecule has 0 aliphatic heterocycles. The summed E-state index contributed by atoms with van der Waals surface area (Å²) in [4.78, 5) is 11.4. The van der Waals surface area contributed by atoms with E-state index in [-0.39, 0.29) is 12.0 Å². The van der Waals surface area contributed by atoms with Gasteiger partial charge in [0, 0.05) is 6.04 Å². The molecule has 0 aromatic heterocycles. The van der Waals surface area contributed by atoms with Crippen molar-refractivity contribution >= 4 is 5.97 Å². The summed E-state index contributed by atoms with van der Waals surface area (Å²) in [6.45, 7) is 2.22. The molecule has 0 saturated carbocycles. The molecule has 2 rings (SSSR count). The van der Waals surface area contributed by atoms with Gasteiger partial charge in [-0.15, -0.1) is 0 Å². The quantitative estimate of drug-likeness (QED) is 0.751. The van der Waals surface area contributed by atoms with Crippen LogP contribution in [0.4, 0.5) is 0 Å². The number of ether oxygens (including phenoxy) is 1. The monoisotopic (exact) mass is 311 g/mol. The lowest BCUT2D eigenvalue weighted by Gasteiger charge is -2.13. The Morgan fingerprint density at radius 3 is 2.52 bits per heavy atom. The molecular weight excluding hydrogens is 286 g/mol. The van der Waals surface area contributed by atoms with Crippen LogP contribution in [0.2, 0.25) is 0 Å². The molecule has 1 atom stereocenters. The summed E-state index contributed by atoms with van der Waals surface area (Å²) in [7, 11) is 0. The van der Waals surface area contributed by atoms with Crippen LogP contribution in [0.3, 0.4) is 0 Å². The van der Waals surface area contributed by atoms with E-state index in [0.717, 1.165) is 19.3 Å². The topological polar surface area (TPSA) is 52.3 Å². The Bertz CT molecular complexity index is 610. The summed E-state index contributed by atoms with van der Waals surface area (Å²) in [5.74, 6) is -0.204. The number of nitrogens with two attached hydrogens (primary N) is 1. The number of benzene rings is 2. The van der Waals surface area contributed by atoms with E-state index in [1.54, 1.807) is 0 Å². The fourth-order valence-corrected chi connectivity index (χ4v) is 2.73. The zero-order valence-corrected chi connectivity index (χ0v) is 13.7. The highest BCUT2D eigenvalue weighted by atomic mass is 16.5. The summed E-state index contributed by atoms with van der Waals surface area (Å²) >= 11 is 0. The second-order valence-electron chi connectivity index (χ2n) is 5.68.